The maximum Gasteiger partial charge on any atom is 0.353 e. The Morgan fingerprint density at radius 3 is 2.54 bits per heavy atom. The Hall–Kier alpha value is -2.45. The molecule has 0 aliphatic carbocycles. The second kappa shape index (κ2) is 7.84. The molecule has 0 radical (unpaired) electrons. The number of piperidine rings is 2. The van der Waals surface area contributed by atoms with Gasteiger partial charge in [-0.25, -0.2) is 9.97 Å². The molecule has 2 aliphatic heterocycles. The van der Waals surface area contributed by atoms with E-state index in [9.17, 15) is 14.9 Å². The zero-order chi connectivity index (χ0) is 18.7. The smallest absolute Gasteiger partial charge is 0.353 e. The number of aromatic nitrogens is 2. The normalized spacial score (nSPS) is 21.7. The van der Waals surface area contributed by atoms with Crippen LogP contribution in [0.4, 0.5) is 17.3 Å². The minimum atomic E-state index is -0.804. The van der Waals surface area contributed by atoms with Crippen LogP contribution in [0.2, 0.25) is 0 Å². The van der Waals surface area contributed by atoms with Crippen molar-refractivity contribution in [1.29, 1.82) is 0 Å². The van der Waals surface area contributed by atoms with E-state index in [1.807, 2.05) is 4.90 Å². The van der Waals surface area contributed by atoms with E-state index in [0.29, 0.717) is 37.6 Å². The van der Waals surface area contributed by atoms with Gasteiger partial charge >= 0.3 is 11.7 Å². The molecule has 1 aromatic heterocycles. The zero-order valence-electron chi connectivity index (χ0n) is 15.0. The number of nitro groups is 1. The summed E-state index contributed by atoms with van der Waals surface area (Å²) in [6, 6.07) is 0.253. The van der Waals surface area contributed by atoms with E-state index in [2.05, 4.69) is 21.8 Å². The standard InChI is InChI=1S/C17H25N5O4/c1-2-13-5-3-4-8-21(13)16-14(22(25)26)15(18-11-19-16)20-9-6-12(7-10-20)17(23)24/h11-13H,2-10H2,1H3,(H,23,24). The summed E-state index contributed by atoms with van der Waals surface area (Å²) in [6.45, 7) is 3.75. The minimum absolute atomic E-state index is 0.0541. The van der Waals surface area contributed by atoms with Crippen molar-refractivity contribution in [1.82, 2.24) is 9.97 Å². The van der Waals surface area contributed by atoms with E-state index in [4.69, 9.17) is 5.11 Å². The molecule has 3 heterocycles. The Balaban J connectivity index is 1.92. The second-order valence-electron chi connectivity index (χ2n) is 6.98. The van der Waals surface area contributed by atoms with E-state index in [-0.39, 0.29) is 11.7 Å². The molecule has 1 atom stereocenters. The predicted octanol–water partition coefficient (Wildman–Crippen LogP) is 2.45. The molecule has 0 bridgehead atoms. The molecule has 9 nitrogen and oxygen atoms in total. The molecule has 1 aromatic rings. The fourth-order valence-corrected chi connectivity index (χ4v) is 4.01. The van der Waals surface area contributed by atoms with Gasteiger partial charge < -0.3 is 14.9 Å². The molecule has 2 fully saturated rings. The Kier molecular flexibility index (Phi) is 5.53. The van der Waals surface area contributed by atoms with Gasteiger partial charge in [-0.15, -0.1) is 0 Å². The summed E-state index contributed by atoms with van der Waals surface area (Å²) >= 11 is 0. The summed E-state index contributed by atoms with van der Waals surface area (Å²) in [6.07, 6.45) is 6.38. The predicted molar refractivity (Wildman–Crippen MR) is 96.5 cm³/mol. The van der Waals surface area contributed by atoms with Crippen LogP contribution in [-0.2, 0) is 4.79 Å². The third-order valence-electron chi connectivity index (χ3n) is 5.48. The number of hydrogen-bond donors (Lipinski definition) is 1. The molecule has 0 aromatic carbocycles. The Morgan fingerprint density at radius 1 is 1.23 bits per heavy atom. The molecule has 1 N–H and O–H groups in total. The van der Waals surface area contributed by atoms with Crippen molar-refractivity contribution < 1.29 is 14.8 Å². The van der Waals surface area contributed by atoms with Gasteiger partial charge in [0.05, 0.1) is 10.8 Å². The lowest BCUT2D eigenvalue weighted by Crippen LogP contribution is -2.41. The molecule has 0 spiro atoms. The van der Waals surface area contributed by atoms with Gasteiger partial charge in [0, 0.05) is 25.7 Å². The van der Waals surface area contributed by atoms with E-state index in [1.165, 1.54) is 6.33 Å². The summed E-state index contributed by atoms with van der Waals surface area (Å²) in [5.41, 5.74) is -0.0541. The Morgan fingerprint density at radius 2 is 1.92 bits per heavy atom. The van der Waals surface area contributed by atoms with E-state index >= 15 is 0 Å². The first-order valence-electron chi connectivity index (χ1n) is 9.26. The van der Waals surface area contributed by atoms with E-state index in [1.54, 1.807) is 0 Å². The number of hydrogen-bond acceptors (Lipinski definition) is 7. The van der Waals surface area contributed by atoms with Crippen LogP contribution < -0.4 is 9.80 Å². The van der Waals surface area contributed by atoms with Crippen LogP contribution >= 0.6 is 0 Å². The fraction of sp³-hybridized carbons (Fsp3) is 0.706. The first kappa shape index (κ1) is 18.3. The van der Waals surface area contributed by atoms with Crippen LogP contribution in [0.3, 0.4) is 0 Å². The average Bonchev–Trinajstić information content (AvgIpc) is 2.67. The van der Waals surface area contributed by atoms with Crippen molar-refractivity contribution in [2.24, 2.45) is 5.92 Å². The van der Waals surface area contributed by atoms with Crippen LogP contribution in [0.25, 0.3) is 0 Å². The lowest BCUT2D eigenvalue weighted by Gasteiger charge is -2.36. The van der Waals surface area contributed by atoms with Crippen LogP contribution in [-0.4, -0.2) is 51.6 Å². The Labute approximate surface area is 152 Å². The van der Waals surface area contributed by atoms with Crippen molar-refractivity contribution in [2.75, 3.05) is 29.4 Å². The summed E-state index contributed by atoms with van der Waals surface area (Å²) < 4.78 is 0. The monoisotopic (exact) mass is 363 g/mol. The van der Waals surface area contributed by atoms with Crippen LogP contribution in [0, 0.1) is 16.0 Å². The quantitative estimate of drug-likeness (QED) is 0.627. The topological polar surface area (TPSA) is 113 Å². The SMILES string of the molecule is CCC1CCCCN1c1ncnc(N2CCC(C(=O)O)CC2)c1[N+](=O)[O-]. The highest BCUT2D eigenvalue weighted by Gasteiger charge is 2.35. The van der Waals surface area contributed by atoms with Crippen molar-refractivity contribution in [3.05, 3.63) is 16.4 Å². The molecule has 0 amide bonds. The second-order valence-corrected chi connectivity index (χ2v) is 6.98. The molecule has 0 saturated carbocycles. The molecular formula is C17H25N5O4. The van der Waals surface area contributed by atoms with Gasteiger partial charge in [-0.2, -0.15) is 0 Å². The number of nitrogens with zero attached hydrogens (tertiary/aromatic N) is 5. The van der Waals surface area contributed by atoms with Crippen LogP contribution in [0.15, 0.2) is 6.33 Å². The van der Waals surface area contributed by atoms with Crippen molar-refractivity contribution in [3.63, 3.8) is 0 Å². The van der Waals surface area contributed by atoms with Gasteiger partial charge in [-0.3, -0.25) is 14.9 Å². The largest absolute Gasteiger partial charge is 0.481 e. The first-order chi connectivity index (χ1) is 12.5. The highest BCUT2D eigenvalue weighted by molar-refractivity contribution is 5.73. The lowest BCUT2D eigenvalue weighted by molar-refractivity contribution is -0.383. The van der Waals surface area contributed by atoms with Gasteiger partial charge in [-0.1, -0.05) is 6.92 Å². The van der Waals surface area contributed by atoms with E-state index in [0.717, 1.165) is 32.2 Å². The molecule has 2 aliphatic rings. The summed E-state index contributed by atoms with van der Waals surface area (Å²) in [5.74, 6) is -0.490. The minimum Gasteiger partial charge on any atom is -0.481 e. The summed E-state index contributed by atoms with van der Waals surface area (Å²) in [4.78, 5) is 35.0. The molecule has 3 rings (SSSR count). The van der Waals surface area contributed by atoms with Gasteiger partial charge in [-0.05, 0) is 38.5 Å². The van der Waals surface area contributed by atoms with Crippen LogP contribution in [0.5, 0.6) is 0 Å². The summed E-state index contributed by atoms with van der Waals surface area (Å²) in [5, 5.41) is 21.0. The summed E-state index contributed by atoms with van der Waals surface area (Å²) in [7, 11) is 0. The molecular weight excluding hydrogens is 338 g/mol. The average molecular weight is 363 g/mol. The van der Waals surface area contributed by atoms with Crippen LogP contribution in [0.1, 0.15) is 45.4 Å². The number of carboxylic acid groups (broad SMARTS) is 1. The number of rotatable bonds is 5. The molecule has 9 heteroatoms. The van der Waals surface area contributed by atoms with Gasteiger partial charge in [0.15, 0.2) is 0 Å². The maximum absolute atomic E-state index is 11.9. The van der Waals surface area contributed by atoms with E-state index < -0.39 is 16.8 Å². The number of anilines is 2. The number of carboxylic acids is 1. The first-order valence-corrected chi connectivity index (χ1v) is 9.26. The highest BCUT2D eigenvalue weighted by Crippen LogP contribution is 2.38. The van der Waals surface area contributed by atoms with Crippen molar-refractivity contribution in [2.45, 2.75) is 51.5 Å². The Bertz CT molecular complexity index is 675. The third-order valence-corrected chi connectivity index (χ3v) is 5.48. The van der Waals surface area contributed by atoms with Gasteiger partial charge in [0.2, 0.25) is 11.6 Å². The molecule has 142 valence electrons. The third kappa shape index (κ3) is 3.56. The van der Waals surface area contributed by atoms with Gasteiger partial charge in [0.25, 0.3) is 0 Å². The van der Waals surface area contributed by atoms with Crippen molar-refractivity contribution in [3.8, 4) is 0 Å². The highest BCUT2D eigenvalue weighted by atomic mass is 16.6. The van der Waals surface area contributed by atoms with Gasteiger partial charge in [0.1, 0.15) is 6.33 Å². The van der Waals surface area contributed by atoms with Crippen molar-refractivity contribution >= 4 is 23.3 Å². The zero-order valence-corrected chi connectivity index (χ0v) is 15.0. The molecule has 2 saturated heterocycles. The molecule has 26 heavy (non-hydrogen) atoms. The fourth-order valence-electron chi connectivity index (χ4n) is 4.01. The maximum atomic E-state index is 11.9. The number of aliphatic carboxylic acids is 1. The molecule has 1 unspecified atom stereocenters. The lowest BCUT2D eigenvalue weighted by atomic mass is 9.97. The number of carbonyl (C=O) groups is 1.